The van der Waals surface area contributed by atoms with Crippen LogP contribution in [0.25, 0.3) is 0 Å². The molecule has 0 unspecified atom stereocenters. The standard InChI is InChI=1S/C13H20N4O3/c18-11(19)13(5-2-1-3-6-13)16-12(20)14-8-10-17-9-4-7-15-17/h4,7,9H,1-3,5-6,8,10H2,(H,18,19)(H2,14,16,20). The van der Waals surface area contributed by atoms with E-state index in [1.165, 1.54) is 0 Å². The molecule has 3 N–H and O–H groups in total. The zero-order chi connectivity index (χ0) is 14.4. The van der Waals surface area contributed by atoms with Crippen LogP contribution in [0.2, 0.25) is 0 Å². The quantitative estimate of drug-likeness (QED) is 0.748. The van der Waals surface area contributed by atoms with Gasteiger partial charge in [0.25, 0.3) is 0 Å². The Hall–Kier alpha value is -2.05. The van der Waals surface area contributed by atoms with Crippen LogP contribution in [-0.2, 0) is 11.3 Å². The Morgan fingerprint density at radius 2 is 2.05 bits per heavy atom. The number of urea groups is 1. The van der Waals surface area contributed by atoms with E-state index in [9.17, 15) is 14.7 Å². The summed E-state index contributed by atoms with van der Waals surface area (Å²) >= 11 is 0. The van der Waals surface area contributed by atoms with Crippen molar-refractivity contribution in [2.45, 2.75) is 44.2 Å². The summed E-state index contributed by atoms with van der Waals surface area (Å²) in [6, 6.07) is 1.38. The van der Waals surface area contributed by atoms with E-state index in [1.54, 1.807) is 17.1 Å². The molecule has 1 aromatic rings. The zero-order valence-corrected chi connectivity index (χ0v) is 11.3. The van der Waals surface area contributed by atoms with Gasteiger partial charge in [-0.3, -0.25) is 4.68 Å². The summed E-state index contributed by atoms with van der Waals surface area (Å²) in [5, 5.41) is 18.7. The number of aromatic nitrogens is 2. The highest BCUT2D eigenvalue weighted by Gasteiger charge is 2.40. The first-order valence-electron chi connectivity index (χ1n) is 6.89. The van der Waals surface area contributed by atoms with Gasteiger partial charge in [0.15, 0.2) is 0 Å². The Balaban J connectivity index is 1.81. The lowest BCUT2D eigenvalue weighted by Crippen LogP contribution is -2.58. The molecule has 1 aliphatic carbocycles. The Bertz CT molecular complexity index is 452. The summed E-state index contributed by atoms with van der Waals surface area (Å²) in [6.45, 7) is 0.962. The SMILES string of the molecule is O=C(NCCn1cccn1)NC1(C(=O)O)CCCCC1. The van der Waals surface area contributed by atoms with Gasteiger partial charge in [-0.2, -0.15) is 5.10 Å². The lowest BCUT2D eigenvalue weighted by atomic mass is 9.82. The molecule has 0 aromatic carbocycles. The number of carboxylic acid groups (broad SMARTS) is 1. The molecular formula is C13H20N4O3. The van der Waals surface area contributed by atoms with Crippen LogP contribution in [0.4, 0.5) is 4.79 Å². The lowest BCUT2D eigenvalue weighted by Gasteiger charge is -2.33. The van der Waals surface area contributed by atoms with Crippen molar-refractivity contribution in [1.82, 2.24) is 20.4 Å². The molecule has 2 rings (SSSR count). The maximum absolute atomic E-state index is 11.8. The van der Waals surface area contributed by atoms with Crippen LogP contribution in [0, 0.1) is 0 Å². The third kappa shape index (κ3) is 3.49. The number of nitrogens with one attached hydrogen (secondary N) is 2. The molecule has 0 spiro atoms. The van der Waals surface area contributed by atoms with Crippen molar-refractivity contribution < 1.29 is 14.7 Å². The van der Waals surface area contributed by atoms with Crippen molar-refractivity contribution in [1.29, 1.82) is 0 Å². The van der Waals surface area contributed by atoms with E-state index in [1.807, 2.05) is 6.07 Å². The van der Waals surface area contributed by atoms with Gasteiger partial charge in [-0.05, 0) is 18.9 Å². The molecule has 0 bridgehead atoms. The van der Waals surface area contributed by atoms with Gasteiger partial charge in [-0.15, -0.1) is 0 Å². The molecule has 0 radical (unpaired) electrons. The van der Waals surface area contributed by atoms with Gasteiger partial charge in [-0.25, -0.2) is 9.59 Å². The molecule has 1 aromatic heterocycles. The highest BCUT2D eigenvalue weighted by molar-refractivity contribution is 5.86. The molecule has 0 aliphatic heterocycles. The van der Waals surface area contributed by atoms with E-state index in [0.717, 1.165) is 19.3 Å². The maximum atomic E-state index is 11.8. The van der Waals surface area contributed by atoms with Gasteiger partial charge in [-0.1, -0.05) is 19.3 Å². The minimum atomic E-state index is -1.10. The predicted molar refractivity (Wildman–Crippen MR) is 72.2 cm³/mol. The molecule has 1 aliphatic rings. The van der Waals surface area contributed by atoms with Crippen LogP contribution in [-0.4, -0.2) is 39.0 Å². The summed E-state index contributed by atoms with van der Waals surface area (Å²) < 4.78 is 1.70. The number of carbonyl (C=O) groups is 2. The molecule has 2 amide bonds. The van der Waals surface area contributed by atoms with Crippen LogP contribution in [0.5, 0.6) is 0 Å². The summed E-state index contributed by atoms with van der Waals surface area (Å²) in [5.41, 5.74) is -1.10. The molecule has 110 valence electrons. The van der Waals surface area contributed by atoms with E-state index >= 15 is 0 Å². The number of rotatable bonds is 5. The van der Waals surface area contributed by atoms with Crippen molar-refractivity contribution in [2.24, 2.45) is 0 Å². The largest absolute Gasteiger partial charge is 0.480 e. The number of carboxylic acids is 1. The smallest absolute Gasteiger partial charge is 0.329 e. The second-order valence-electron chi connectivity index (χ2n) is 5.10. The second-order valence-corrected chi connectivity index (χ2v) is 5.10. The summed E-state index contributed by atoms with van der Waals surface area (Å²) in [4.78, 5) is 23.2. The topological polar surface area (TPSA) is 96.3 Å². The fraction of sp³-hybridized carbons (Fsp3) is 0.615. The first-order valence-corrected chi connectivity index (χ1v) is 6.89. The van der Waals surface area contributed by atoms with Crippen molar-refractivity contribution in [3.05, 3.63) is 18.5 Å². The monoisotopic (exact) mass is 280 g/mol. The fourth-order valence-corrected chi connectivity index (χ4v) is 2.53. The fourth-order valence-electron chi connectivity index (χ4n) is 2.53. The Kier molecular flexibility index (Phi) is 4.60. The second kappa shape index (κ2) is 6.40. The third-order valence-electron chi connectivity index (χ3n) is 3.65. The van der Waals surface area contributed by atoms with E-state index in [0.29, 0.717) is 25.9 Å². The van der Waals surface area contributed by atoms with E-state index in [2.05, 4.69) is 15.7 Å². The van der Waals surface area contributed by atoms with Crippen LogP contribution >= 0.6 is 0 Å². The Morgan fingerprint density at radius 3 is 2.65 bits per heavy atom. The van der Waals surface area contributed by atoms with Crippen molar-refractivity contribution >= 4 is 12.0 Å². The molecule has 0 saturated heterocycles. The highest BCUT2D eigenvalue weighted by atomic mass is 16.4. The van der Waals surface area contributed by atoms with Gasteiger partial charge >= 0.3 is 12.0 Å². The molecule has 1 saturated carbocycles. The van der Waals surface area contributed by atoms with Crippen molar-refractivity contribution in [3.8, 4) is 0 Å². The summed E-state index contributed by atoms with van der Waals surface area (Å²) in [5.74, 6) is -0.945. The van der Waals surface area contributed by atoms with Gasteiger partial charge in [0, 0.05) is 18.9 Å². The van der Waals surface area contributed by atoms with Gasteiger partial charge in [0.2, 0.25) is 0 Å². The van der Waals surface area contributed by atoms with Gasteiger partial charge < -0.3 is 15.7 Å². The molecular weight excluding hydrogens is 260 g/mol. The number of amides is 2. The molecule has 7 nitrogen and oxygen atoms in total. The van der Waals surface area contributed by atoms with Crippen LogP contribution in [0.3, 0.4) is 0 Å². The minimum absolute atomic E-state index is 0.406. The number of carbonyl (C=O) groups excluding carboxylic acids is 1. The normalized spacial score (nSPS) is 17.4. The van der Waals surface area contributed by atoms with Crippen LogP contribution in [0.1, 0.15) is 32.1 Å². The first kappa shape index (κ1) is 14.4. The average Bonchev–Trinajstić information content (AvgIpc) is 2.93. The van der Waals surface area contributed by atoms with Crippen molar-refractivity contribution in [2.75, 3.05) is 6.54 Å². The molecule has 0 atom stereocenters. The maximum Gasteiger partial charge on any atom is 0.329 e. The van der Waals surface area contributed by atoms with E-state index < -0.39 is 17.5 Å². The van der Waals surface area contributed by atoms with Gasteiger partial charge in [0.1, 0.15) is 5.54 Å². The molecule has 20 heavy (non-hydrogen) atoms. The Labute approximate surface area is 117 Å². The molecule has 1 fully saturated rings. The third-order valence-corrected chi connectivity index (χ3v) is 3.65. The Morgan fingerprint density at radius 1 is 1.30 bits per heavy atom. The lowest BCUT2D eigenvalue weighted by molar-refractivity contribution is -0.145. The number of nitrogens with zero attached hydrogens (tertiary/aromatic N) is 2. The van der Waals surface area contributed by atoms with Gasteiger partial charge in [0.05, 0.1) is 6.54 Å². The van der Waals surface area contributed by atoms with Crippen LogP contribution in [0.15, 0.2) is 18.5 Å². The molecule has 7 heteroatoms. The highest BCUT2D eigenvalue weighted by Crippen LogP contribution is 2.28. The van der Waals surface area contributed by atoms with E-state index in [-0.39, 0.29) is 0 Å². The average molecular weight is 280 g/mol. The van der Waals surface area contributed by atoms with E-state index in [4.69, 9.17) is 0 Å². The predicted octanol–water partition coefficient (Wildman–Crippen LogP) is 0.970. The van der Waals surface area contributed by atoms with Crippen molar-refractivity contribution in [3.63, 3.8) is 0 Å². The zero-order valence-electron chi connectivity index (χ0n) is 11.3. The van der Waals surface area contributed by atoms with Crippen LogP contribution < -0.4 is 10.6 Å². The summed E-state index contributed by atoms with van der Waals surface area (Å²) in [6.07, 6.45) is 7.15. The number of aliphatic carboxylic acids is 1. The molecule has 1 heterocycles. The minimum Gasteiger partial charge on any atom is -0.480 e. The summed E-state index contributed by atoms with van der Waals surface area (Å²) in [7, 11) is 0. The first-order chi connectivity index (χ1) is 9.62. The number of hydrogen-bond donors (Lipinski definition) is 3. The number of hydrogen-bond acceptors (Lipinski definition) is 3.